The SMILES string of the molecule is C#CC12CC1CCN2C(=O)OC(C)(C)C.CCCCCOC(=O)N1CCC2CC21. The van der Waals surface area contributed by atoms with Gasteiger partial charge >= 0.3 is 12.2 Å². The number of unbranched alkanes of at least 4 members (excludes halogenated alkanes) is 2. The number of fused-ring (bicyclic) bond motifs is 2. The van der Waals surface area contributed by atoms with E-state index in [0.29, 0.717) is 18.6 Å². The van der Waals surface area contributed by atoms with Gasteiger partial charge in [0.2, 0.25) is 0 Å². The maximum Gasteiger partial charge on any atom is 0.411 e. The summed E-state index contributed by atoms with van der Waals surface area (Å²) < 4.78 is 10.5. The van der Waals surface area contributed by atoms with Gasteiger partial charge < -0.3 is 14.4 Å². The molecular weight excluding hydrogens is 368 g/mol. The highest BCUT2D eigenvalue weighted by molar-refractivity contribution is 5.72. The third kappa shape index (κ3) is 4.99. The van der Waals surface area contributed by atoms with Gasteiger partial charge in [0.25, 0.3) is 0 Å². The van der Waals surface area contributed by atoms with E-state index >= 15 is 0 Å². The number of piperidine rings is 2. The van der Waals surface area contributed by atoms with Crippen LogP contribution in [-0.2, 0) is 9.47 Å². The van der Waals surface area contributed by atoms with Crippen molar-refractivity contribution in [1.82, 2.24) is 9.80 Å². The minimum Gasteiger partial charge on any atom is -0.449 e. The summed E-state index contributed by atoms with van der Waals surface area (Å²) in [6.45, 7) is 10.0. The zero-order chi connectivity index (χ0) is 21.2. The Kier molecular flexibility index (Phi) is 6.36. The average Bonchev–Trinajstić information content (AvgIpc) is 3.51. The first-order valence-corrected chi connectivity index (χ1v) is 11.1. The first kappa shape index (κ1) is 21.8. The standard InChI is InChI=1S/C12H17NO2.C11H19NO2/c1-5-12-8-9(12)6-7-13(12)10(14)15-11(2,3)4;1-2-3-4-7-14-11(13)12-6-5-9-8-10(9)12/h1,9H,6-8H2,2-4H3;9-10H,2-8H2,1H3. The van der Waals surface area contributed by atoms with Crippen molar-refractivity contribution in [2.75, 3.05) is 19.7 Å². The molecule has 162 valence electrons. The topological polar surface area (TPSA) is 59.1 Å². The van der Waals surface area contributed by atoms with Gasteiger partial charge in [0.1, 0.15) is 11.1 Å². The second kappa shape index (κ2) is 8.45. The van der Waals surface area contributed by atoms with Gasteiger partial charge in [-0.05, 0) is 64.7 Å². The molecule has 2 heterocycles. The van der Waals surface area contributed by atoms with Crippen molar-refractivity contribution < 1.29 is 19.1 Å². The van der Waals surface area contributed by atoms with E-state index in [1.807, 2.05) is 25.7 Å². The molecule has 4 aliphatic rings. The molecule has 0 aromatic carbocycles. The summed E-state index contributed by atoms with van der Waals surface area (Å²) >= 11 is 0. The molecule has 0 spiro atoms. The van der Waals surface area contributed by atoms with E-state index in [0.717, 1.165) is 44.7 Å². The Balaban J connectivity index is 0.000000166. The number of amides is 2. The quantitative estimate of drug-likeness (QED) is 0.514. The second-order valence-electron chi connectivity index (χ2n) is 9.76. The van der Waals surface area contributed by atoms with Crippen LogP contribution in [0.25, 0.3) is 0 Å². The van der Waals surface area contributed by atoms with Crippen LogP contribution in [0.1, 0.15) is 72.6 Å². The molecular formula is C23H36N2O4. The van der Waals surface area contributed by atoms with Crippen molar-refractivity contribution >= 4 is 12.2 Å². The average molecular weight is 405 g/mol. The van der Waals surface area contributed by atoms with Crippen molar-refractivity contribution in [3.63, 3.8) is 0 Å². The molecule has 0 N–H and O–H groups in total. The van der Waals surface area contributed by atoms with Gasteiger partial charge in [-0.1, -0.05) is 25.7 Å². The summed E-state index contributed by atoms with van der Waals surface area (Å²) in [6, 6.07) is 0.536. The van der Waals surface area contributed by atoms with Crippen LogP contribution in [0.4, 0.5) is 9.59 Å². The van der Waals surface area contributed by atoms with E-state index in [9.17, 15) is 9.59 Å². The van der Waals surface area contributed by atoms with Crippen molar-refractivity contribution in [1.29, 1.82) is 0 Å². The van der Waals surface area contributed by atoms with Crippen LogP contribution >= 0.6 is 0 Å². The van der Waals surface area contributed by atoms with Crippen LogP contribution in [0.3, 0.4) is 0 Å². The first-order valence-electron chi connectivity index (χ1n) is 11.1. The lowest BCUT2D eigenvalue weighted by molar-refractivity contribution is 0.0222. The Hall–Kier alpha value is -1.90. The zero-order valence-electron chi connectivity index (χ0n) is 18.4. The van der Waals surface area contributed by atoms with Crippen LogP contribution in [-0.4, -0.2) is 58.9 Å². The summed E-state index contributed by atoms with van der Waals surface area (Å²) in [5.74, 6) is 4.07. The minimum atomic E-state index is -0.445. The van der Waals surface area contributed by atoms with Crippen molar-refractivity contribution in [2.24, 2.45) is 11.8 Å². The zero-order valence-corrected chi connectivity index (χ0v) is 18.4. The summed E-state index contributed by atoms with van der Waals surface area (Å²) in [4.78, 5) is 27.1. The normalized spacial score (nSPS) is 31.1. The molecule has 4 fully saturated rings. The fourth-order valence-electron chi connectivity index (χ4n) is 4.51. The summed E-state index contributed by atoms with van der Waals surface area (Å²) in [7, 11) is 0. The maximum absolute atomic E-state index is 11.9. The number of ether oxygens (including phenoxy) is 2. The third-order valence-electron chi connectivity index (χ3n) is 6.35. The van der Waals surface area contributed by atoms with E-state index in [4.69, 9.17) is 15.9 Å². The molecule has 2 aliphatic carbocycles. The van der Waals surface area contributed by atoms with Gasteiger partial charge in [0, 0.05) is 19.1 Å². The molecule has 0 aromatic heterocycles. The van der Waals surface area contributed by atoms with Gasteiger partial charge in [-0.3, -0.25) is 4.90 Å². The highest BCUT2D eigenvalue weighted by Gasteiger charge is 2.63. The fraction of sp³-hybridized carbons (Fsp3) is 0.826. The maximum atomic E-state index is 11.9. The number of hydrogen-bond donors (Lipinski definition) is 0. The summed E-state index contributed by atoms with van der Waals surface area (Å²) in [5, 5.41) is 0. The van der Waals surface area contributed by atoms with Gasteiger partial charge in [-0.2, -0.15) is 0 Å². The molecule has 29 heavy (non-hydrogen) atoms. The predicted molar refractivity (Wildman–Crippen MR) is 111 cm³/mol. The molecule has 0 bridgehead atoms. The van der Waals surface area contributed by atoms with E-state index in [1.165, 1.54) is 19.3 Å². The molecule has 6 heteroatoms. The minimum absolute atomic E-state index is 0.0777. The van der Waals surface area contributed by atoms with Gasteiger partial charge in [0.05, 0.1) is 6.61 Å². The predicted octanol–water partition coefficient (Wildman–Crippen LogP) is 4.43. The van der Waals surface area contributed by atoms with Gasteiger partial charge in [-0.25, -0.2) is 9.59 Å². The third-order valence-corrected chi connectivity index (χ3v) is 6.35. The van der Waals surface area contributed by atoms with Crippen LogP contribution in [0, 0.1) is 24.2 Å². The summed E-state index contributed by atoms with van der Waals surface area (Å²) in [5.41, 5.74) is -0.748. The summed E-state index contributed by atoms with van der Waals surface area (Å²) in [6.07, 6.45) is 12.9. The first-order chi connectivity index (χ1) is 13.7. The van der Waals surface area contributed by atoms with Crippen LogP contribution < -0.4 is 0 Å². The lowest BCUT2D eigenvalue weighted by atomic mass is 10.2. The highest BCUT2D eigenvalue weighted by Crippen LogP contribution is 2.55. The van der Waals surface area contributed by atoms with Gasteiger partial charge in [0.15, 0.2) is 0 Å². The Labute approximate surface area is 175 Å². The van der Waals surface area contributed by atoms with Crippen LogP contribution in [0.15, 0.2) is 0 Å². The number of likely N-dealkylation sites (tertiary alicyclic amines) is 2. The Morgan fingerprint density at radius 2 is 1.93 bits per heavy atom. The molecule has 4 unspecified atom stereocenters. The highest BCUT2D eigenvalue weighted by atomic mass is 16.6. The Morgan fingerprint density at radius 1 is 1.17 bits per heavy atom. The number of carbonyl (C=O) groups excluding carboxylic acids is 2. The number of carbonyl (C=O) groups is 2. The monoisotopic (exact) mass is 404 g/mol. The van der Waals surface area contributed by atoms with E-state index in [-0.39, 0.29) is 17.7 Å². The molecule has 2 amide bonds. The van der Waals surface area contributed by atoms with E-state index < -0.39 is 5.60 Å². The molecule has 2 aliphatic heterocycles. The lowest BCUT2D eigenvalue weighted by Crippen LogP contribution is -2.42. The molecule has 0 aromatic rings. The lowest BCUT2D eigenvalue weighted by Gasteiger charge is -2.28. The number of rotatable bonds is 4. The number of hydrogen-bond acceptors (Lipinski definition) is 4. The molecule has 4 atom stereocenters. The molecule has 2 saturated heterocycles. The van der Waals surface area contributed by atoms with Crippen LogP contribution in [0.2, 0.25) is 0 Å². The number of terminal acetylenes is 1. The Bertz CT molecular complexity index is 665. The largest absolute Gasteiger partial charge is 0.449 e. The van der Waals surface area contributed by atoms with Crippen LogP contribution in [0.5, 0.6) is 0 Å². The number of nitrogens with zero attached hydrogens (tertiary/aromatic N) is 2. The van der Waals surface area contributed by atoms with Crippen molar-refractivity contribution in [3.8, 4) is 12.3 Å². The molecule has 6 nitrogen and oxygen atoms in total. The van der Waals surface area contributed by atoms with Gasteiger partial charge in [-0.15, -0.1) is 6.42 Å². The van der Waals surface area contributed by atoms with E-state index in [2.05, 4.69) is 12.8 Å². The second-order valence-corrected chi connectivity index (χ2v) is 9.76. The smallest absolute Gasteiger partial charge is 0.411 e. The Morgan fingerprint density at radius 3 is 2.45 bits per heavy atom. The van der Waals surface area contributed by atoms with Crippen molar-refractivity contribution in [2.45, 2.75) is 89.8 Å². The fourth-order valence-corrected chi connectivity index (χ4v) is 4.51. The molecule has 4 rings (SSSR count). The molecule has 0 radical (unpaired) electrons. The molecule has 2 saturated carbocycles. The van der Waals surface area contributed by atoms with Crippen molar-refractivity contribution in [3.05, 3.63) is 0 Å². The van der Waals surface area contributed by atoms with E-state index in [1.54, 1.807) is 4.90 Å².